The van der Waals surface area contributed by atoms with Crippen LogP contribution < -0.4 is 21.1 Å². The van der Waals surface area contributed by atoms with Crippen molar-refractivity contribution in [1.82, 2.24) is 24.5 Å². The second-order valence-electron chi connectivity index (χ2n) is 9.31. The number of alkyl halides is 2. The molecule has 14 heteroatoms. The van der Waals surface area contributed by atoms with Gasteiger partial charge in [-0.1, -0.05) is 0 Å². The summed E-state index contributed by atoms with van der Waals surface area (Å²) in [5, 5.41) is 0. The molecule has 0 spiro atoms. The molecule has 1 saturated heterocycles. The maximum atomic E-state index is 14.9. The first-order chi connectivity index (χ1) is 18.6. The molecule has 0 amide bonds. The highest BCUT2D eigenvalue weighted by atomic mass is 19.3. The van der Waals surface area contributed by atoms with Gasteiger partial charge in [-0.2, -0.15) is 0 Å². The molecule has 1 aliphatic heterocycles. The summed E-state index contributed by atoms with van der Waals surface area (Å²) in [5.74, 6) is -2.94. The van der Waals surface area contributed by atoms with E-state index in [0.29, 0.717) is 35.4 Å². The number of ether oxygens (including phenoxy) is 1. The summed E-state index contributed by atoms with van der Waals surface area (Å²) in [6.45, 7) is 0.360. The lowest BCUT2D eigenvalue weighted by Crippen LogP contribution is -2.61. The van der Waals surface area contributed by atoms with Gasteiger partial charge in [-0.3, -0.25) is 9.78 Å². The second-order valence-corrected chi connectivity index (χ2v) is 9.31. The van der Waals surface area contributed by atoms with Gasteiger partial charge in [-0.05, 0) is 30.5 Å². The molecule has 39 heavy (non-hydrogen) atoms. The fraction of sp³-hybridized carbons (Fsp3) is 0.320. The first kappa shape index (κ1) is 26.3. The van der Waals surface area contributed by atoms with E-state index >= 15 is 0 Å². The molecular weight excluding hydrogens is 520 g/mol. The summed E-state index contributed by atoms with van der Waals surface area (Å²) in [6, 6.07) is 3.46. The maximum absolute atomic E-state index is 14.9. The number of Topliss-reactive ketones (excluding diaryl/α,β-unsaturated/α-hetero) is 1. The first-order valence-electron chi connectivity index (χ1n) is 11.9. The molecular formula is C25H24F4N8O2. The molecule has 0 unspecified atom stereocenters. The molecule has 4 N–H and O–H groups in total. The fourth-order valence-corrected chi connectivity index (χ4v) is 4.84. The van der Waals surface area contributed by atoms with Crippen molar-refractivity contribution in [2.75, 3.05) is 30.8 Å². The standard InChI is InChI=1S/C25H24F4N8O2/c1-39-19-7-15(26)14(6-16(19)27)17-5-13(9-37-12-35-20-23(30)33-11-34-24(20)37)18(8-32-17)36-4-2-3-25(31,10-36)21(38)22(28)29/h5-8,11-12,22H,2-4,9-10,31H2,1H3,(H2,30,33,34)/t25-/m1/s1. The molecule has 0 saturated carbocycles. The normalized spacial score (nSPS) is 17.7. The number of methoxy groups -OCH3 is 1. The lowest BCUT2D eigenvalue weighted by molar-refractivity contribution is -0.135. The van der Waals surface area contributed by atoms with Crippen LogP contribution in [0.2, 0.25) is 0 Å². The number of anilines is 2. The zero-order valence-corrected chi connectivity index (χ0v) is 20.7. The largest absolute Gasteiger partial charge is 0.494 e. The van der Waals surface area contributed by atoms with Crippen LogP contribution in [0.3, 0.4) is 0 Å². The minimum absolute atomic E-state index is 0.103. The first-order valence-corrected chi connectivity index (χ1v) is 11.9. The Kier molecular flexibility index (Phi) is 6.80. The van der Waals surface area contributed by atoms with E-state index in [1.807, 2.05) is 0 Å². The number of aromatic nitrogens is 5. The van der Waals surface area contributed by atoms with E-state index < -0.39 is 29.4 Å². The Balaban J connectivity index is 1.60. The number of rotatable bonds is 7. The summed E-state index contributed by atoms with van der Waals surface area (Å²) >= 11 is 0. The van der Waals surface area contributed by atoms with E-state index in [1.165, 1.54) is 26.0 Å². The Morgan fingerprint density at radius 3 is 2.69 bits per heavy atom. The number of pyridine rings is 1. The van der Waals surface area contributed by atoms with E-state index in [4.69, 9.17) is 16.2 Å². The molecule has 0 aliphatic carbocycles. The molecule has 0 radical (unpaired) electrons. The molecule has 0 bridgehead atoms. The molecule has 5 rings (SSSR count). The number of halogens is 4. The maximum Gasteiger partial charge on any atom is 0.297 e. The van der Waals surface area contributed by atoms with Gasteiger partial charge < -0.3 is 25.7 Å². The summed E-state index contributed by atoms with van der Waals surface area (Å²) in [5.41, 5.74) is 12.1. The van der Waals surface area contributed by atoms with Gasteiger partial charge in [0.05, 0.1) is 43.1 Å². The predicted octanol–water partition coefficient (Wildman–Crippen LogP) is 2.94. The number of nitrogens with zero attached hydrogens (tertiary/aromatic N) is 6. The Bertz CT molecular complexity index is 1560. The lowest BCUT2D eigenvalue weighted by Gasteiger charge is -2.40. The van der Waals surface area contributed by atoms with E-state index in [2.05, 4.69) is 19.9 Å². The van der Waals surface area contributed by atoms with E-state index in [1.54, 1.807) is 15.5 Å². The predicted molar refractivity (Wildman–Crippen MR) is 134 cm³/mol. The molecule has 1 aliphatic rings. The number of ketones is 1. The molecule has 10 nitrogen and oxygen atoms in total. The van der Waals surface area contributed by atoms with Crippen LogP contribution >= 0.6 is 0 Å². The van der Waals surface area contributed by atoms with Gasteiger partial charge in [0, 0.05) is 24.7 Å². The van der Waals surface area contributed by atoms with Crippen LogP contribution in [0.15, 0.2) is 37.1 Å². The number of imidazole rings is 1. The minimum atomic E-state index is -3.20. The molecule has 4 aromatic rings. The fourth-order valence-electron chi connectivity index (χ4n) is 4.84. The van der Waals surface area contributed by atoms with E-state index in [9.17, 15) is 22.4 Å². The van der Waals surface area contributed by atoms with Crippen LogP contribution in [0.25, 0.3) is 22.4 Å². The molecule has 1 atom stereocenters. The summed E-state index contributed by atoms with van der Waals surface area (Å²) in [7, 11) is 1.23. The number of piperidine rings is 1. The van der Waals surface area contributed by atoms with Crippen molar-refractivity contribution in [3.8, 4) is 17.0 Å². The summed E-state index contributed by atoms with van der Waals surface area (Å²) in [4.78, 5) is 30.7. The molecule has 3 aromatic heterocycles. The molecule has 1 aromatic carbocycles. The topological polar surface area (TPSA) is 138 Å². The lowest BCUT2D eigenvalue weighted by atomic mass is 9.85. The third-order valence-electron chi connectivity index (χ3n) is 6.81. The number of carbonyl (C=O) groups is 1. The molecule has 4 heterocycles. The van der Waals surface area contributed by atoms with E-state index in [-0.39, 0.29) is 42.3 Å². The van der Waals surface area contributed by atoms with Crippen molar-refractivity contribution in [3.63, 3.8) is 0 Å². The number of carbonyl (C=O) groups excluding carboxylic acids is 1. The van der Waals surface area contributed by atoms with Gasteiger partial charge in [0.1, 0.15) is 17.7 Å². The van der Waals surface area contributed by atoms with Gasteiger partial charge in [0.15, 0.2) is 23.0 Å². The van der Waals surface area contributed by atoms with Crippen molar-refractivity contribution in [1.29, 1.82) is 0 Å². The highest BCUT2D eigenvalue weighted by Gasteiger charge is 2.43. The Hall–Kier alpha value is -4.33. The number of hydrogen-bond donors (Lipinski definition) is 2. The zero-order chi connectivity index (χ0) is 27.9. The number of nitrogens with two attached hydrogens (primary N) is 2. The SMILES string of the molecule is COc1cc(F)c(-c2cc(Cn3cnc4c(N)ncnc43)c(N3CCC[C@](N)(C(=O)C(F)F)C3)cn2)cc1F. The average molecular weight is 545 g/mol. The zero-order valence-electron chi connectivity index (χ0n) is 20.7. The van der Waals surface area contributed by atoms with Crippen molar-refractivity contribution in [3.05, 3.63) is 54.2 Å². The van der Waals surface area contributed by atoms with Crippen LogP contribution in [-0.4, -0.2) is 62.4 Å². The second kappa shape index (κ2) is 10.1. The third kappa shape index (κ3) is 4.82. The highest BCUT2D eigenvalue weighted by Crippen LogP contribution is 2.34. The number of nitrogen functional groups attached to an aromatic ring is 1. The van der Waals surface area contributed by atoms with Crippen molar-refractivity contribution in [2.45, 2.75) is 31.4 Å². The quantitative estimate of drug-likeness (QED) is 0.336. The number of benzene rings is 1. The van der Waals surface area contributed by atoms with Crippen molar-refractivity contribution in [2.24, 2.45) is 5.73 Å². The van der Waals surface area contributed by atoms with Gasteiger partial charge in [0.2, 0.25) is 5.78 Å². The highest BCUT2D eigenvalue weighted by molar-refractivity contribution is 5.92. The number of fused-ring (bicyclic) bond motifs is 1. The Labute approximate surface area is 219 Å². The number of hydrogen-bond acceptors (Lipinski definition) is 9. The van der Waals surface area contributed by atoms with Gasteiger partial charge in [0.25, 0.3) is 6.43 Å². The van der Waals surface area contributed by atoms with Gasteiger partial charge in [-0.25, -0.2) is 32.5 Å². The van der Waals surface area contributed by atoms with Crippen LogP contribution in [0, 0.1) is 11.6 Å². The third-order valence-corrected chi connectivity index (χ3v) is 6.81. The van der Waals surface area contributed by atoms with Crippen molar-refractivity contribution < 1.29 is 27.1 Å². The van der Waals surface area contributed by atoms with Crippen molar-refractivity contribution >= 4 is 28.5 Å². The van der Waals surface area contributed by atoms with Gasteiger partial charge in [-0.15, -0.1) is 0 Å². The smallest absolute Gasteiger partial charge is 0.297 e. The van der Waals surface area contributed by atoms with Crippen LogP contribution in [0.5, 0.6) is 5.75 Å². The van der Waals surface area contributed by atoms with Gasteiger partial charge >= 0.3 is 0 Å². The van der Waals surface area contributed by atoms with Crippen LogP contribution in [0.1, 0.15) is 18.4 Å². The van der Waals surface area contributed by atoms with Crippen LogP contribution in [-0.2, 0) is 11.3 Å². The summed E-state index contributed by atoms with van der Waals surface area (Å²) < 4.78 is 62.5. The average Bonchev–Trinajstić information content (AvgIpc) is 3.33. The van der Waals surface area contributed by atoms with Crippen LogP contribution in [0.4, 0.5) is 29.1 Å². The minimum Gasteiger partial charge on any atom is -0.494 e. The van der Waals surface area contributed by atoms with E-state index in [0.717, 1.165) is 12.1 Å². The Morgan fingerprint density at radius 2 is 1.95 bits per heavy atom. The monoisotopic (exact) mass is 544 g/mol. The summed E-state index contributed by atoms with van der Waals surface area (Å²) in [6.07, 6.45) is 1.49. The Morgan fingerprint density at radius 1 is 1.15 bits per heavy atom. The molecule has 204 valence electrons. The molecule has 1 fully saturated rings.